The molecule has 6 nitrogen and oxygen atoms in total. The molecule has 1 unspecified atom stereocenters. The smallest absolute Gasteiger partial charge is 0.307 e. The van der Waals surface area contributed by atoms with E-state index < -0.39 is 15.8 Å². The molecular formula is C18H25NO5S. The van der Waals surface area contributed by atoms with Crippen LogP contribution in [0.15, 0.2) is 29.2 Å². The zero-order valence-corrected chi connectivity index (χ0v) is 15.5. The van der Waals surface area contributed by atoms with Gasteiger partial charge in [-0.1, -0.05) is 17.7 Å². The molecule has 2 rings (SSSR count). The molecular weight excluding hydrogens is 342 g/mol. The summed E-state index contributed by atoms with van der Waals surface area (Å²) in [6, 6.07) is 6.63. The summed E-state index contributed by atoms with van der Waals surface area (Å²) in [7, 11) is -3.54. The summed E-state index contributed by atoms with van der Waals surface area (Å²) < 4.78 is 29.3. The third-order valence-corrected chi connectivity index (χ3v) is 6.17. The molecule has 0 N–H and O–H groups in total. The molecule has 0 spiro atoms. The first kappa shape index (κ1) is 19.4. The third kappa shape index (κ3) is 5.56. The van der Waals surface area contributed by atoms with Crippen LogP contribution in [-0.4, -0.2) is 50.1 Å². The minimum Gasteiger partial charge on any atom is -0.456 e. The summed E-state index contributed by atoms with van der Waals surface area (Å²) in [4.78, 5) is 25.8. The number of benzene rings is 1. The maximum Gasteiger partial charge on any atom is 0.307 e. The van der Waals surface area contributed by atoms with Gasteiger partial charge in [0.15, 0.2) is 16.4 Å². The lowest BCUT2D eigenvalue weighted by Crippen LogP contribution is -2.44. The van der Waals surface area contributed by atoms with E-state index in [1.54, 1.807) is 17.0 Å². The van der Waals surface area contributed by atoms with E-state index in [9.17, 15) is 18.0 Å². The summed E-state index contributed by atoms with van der Waals surface area (Å²) in [5, 5.41) is 0. The monoisotopic (exact) mass is 367 g/mol. The Hall–Kier alpha value is -1.89. The number of hydrogen-bond donors (Lipinski definition) is 0. The highest BCUT2D eigenvalue weighted by Gasteiger charge is 2.24. The zero-order chi connectivity index (χ0) is 18.4. The van der Waals surface area contributed by atoms with E-state index in [0.717, 1.165) is 24.8 Å². The summed E-state index contributed by atoms with van der Waals surface area (Å²) in [6.07, 6.45) is 2.74. The van der Waals surface area contributed by atoms with Crippen molar-refractivity contribution < 1.29 is 22.7 Å². The van der Waals surface area contributed by atoms with Crippen molar-refractivity contribution in [1.29, 1.82) is 0 Å². The lowest BCUT2D eigenvalue weighted by molar-refractivity contribution is -0.153. The molecule has 1 heterocycles. The van der Waals surface area contributed by atoms with E-state index in [0.29, 0.717) is 6.54 Å². The first-order valence-corrected chi connectivity index (χ1v) is 10.2. The number of carbonyl (C=O) groups is 2. The minimum atomic E-state index is -3.54. The maximum absolute atomic E-state index is 12.2. The minimum absolute atomic E-state index is 0.155. The third-order valence-electron chi connectivity index (χ3n) is 4.43. The van der Waals surface area contributed by atoms with Gasteiger partial charge in [-0.3, -0.25) is 9.59 Å². The Kier molecular flexibility index (Phi) is 6.58. The number of aryl methyl sites for hydroxylation is 1. The Morgan fingerprint density at radius 2 is 1.88 bits per heavy atom. The summed E-state index contributed by atoms with van der Waals surface area (Å²) in [6.45, 7) is 4.20. The molecule has 138 valence electrons. The first-order valence-electron chi connectivity index (χ1n) is 8.54. The summed E-state index contributed by atoms with van der Waals surface area (Å²) >= 11 is 0. The van der Waals surface area contributed by atoms with Gasteiger partial charge in [-0.25, -0.2) is 8.42 Å². The quantitative estimate of drug-likeness (QED) is 0.719. The molecule has 0 saturated carbocycles. The second-order valence-corrected chi connectivity index (χ2v) is 8.58. The predicted molar refractivity (Wildman–Crippen MR) is 93.8 cm³/mol. The van der Waals surface area contributed by atoms with Gasteiger partial charge in [0, 0.05) is 12.6 Å². The average molecular weight is 367 g/mol. The van der Waals surface area contributed by atoms with Crippen LogP contribution in [0.3, 0.4) is 0 Å². The van der Waals surface area contributed by atoms with E-state index in [1.165, 1.54) is 12.1 Å². The van der Waals surface area contributed by atoms with Crippen LogP contribution in [0.25, 0.3) is 0 Å². The van der Waals surface area contributed by atoms with Gasteiger partial charge in [-0.05, 0) is 45.2 Å². The number of esters is 1. The second-order valence-electron chi connectivity index (χ2n) is 6.47. The Labute approximate surface area is 149 Å². The Bertz CT molecular complexity index is 711. The molecule has 1 aliphatic rings. The van der Waals surface area contributed by atoms with Crippen LogP contribution in [-0.2, 0) is 24.2 Å². The van der Waals surface area contributed by atoms with Crippen molar-refractivity contribution in [3.05, 3.63) is 29.8 Å². The Balaban J connectivity index is 1.80. The molecule has 1 saturated heterocycles. The van der Waals surface area contributed by atoms with Crippen molar-refractivity contribution >= 4 is 21.7 Å². The van der Waals surface area contributed by atoms with Gasteiger partial charge in [0.25, 0.3) is 5.91 Å². The number of rotatable bonds is 6. The Morgan fingerprint density at radius 3 is 2.52 bits per heavy atom. The van der Waals surface area contributed by atoms with E-state index in [1.807, 2.05) is 13.8 Å². The molecule has 1 aromatic carbocycles. The van der Waals surface area contributed by atoms with Gasteiger partial charge in [0.2, 0.25) is 0 Å². The lowest BCUT2D eigenvalue weighted by atomic mass is 10.0. The number of carbonyl (C=O) groups excluding carboxylic acids is 2. The second kappa shape index (κ2) is 8.47. The predicted octanol–water partition coefficient (Wildman–Crippen LogP) is 2.10. The van der Waals surface area contributed by atoms with Gasteiger partial charge in [-0.15, -0.1) is 0 Å². The fourth-order valence-electron chi connectivity index (χ4n) is 2.85. The van der Waals surface area contributed by atoms with Crippen LogP contribution in [0.4, 0.5) is 0 Å². The van der Waals surface area contributed by atoms with Gasteiger partial charge in [-0.2, -0.15) is 0 Å². The van der Waals surface area contributed by atoms with Crippen LogP contribution < -0.4 is 0 Å². The van der Waals surface area contributed by atoms with Crippen molar-refractivity contribution in [1.82, 2.24) is 4.90 Å². The van der Waals surface area contributed by atoms with Crippen molar-refractivity contribution in [2.45, 2.75) is 50.5 Å². The fourth-order valence-corrected chi connectivity index (χ4v) is 4.07. The zero-order valence-electron chi connectivity index (χ0n) is 14.7. The SMILES string of the molecule is Cc1ccc(S(=O)(=O)CCC(=O)OCC(=O)N2CCCCC2C)cc1. The average Bonchev–Trinajstić information content (AvgIpc) is 2.59. The maximum atomic E-state index is 12.2. The van der Waals surface area contributed by atoms with Gasteiger partial charge in [0.1, 0.15) is 0 Å². The van der Waals surface area contributed by atoms with Crippen molar-refractivity contribution in [3.63, 3.8) is 0 Å². The number of amides is 1. The van der Waals surface area contributed by atoms with Crippen molar-refractivity contribution in [3.8, 4) is 0 Å². The molecule has 1 aromatic rings. The number of ether oxygens (including phenoxy) is 1. The van der Waals surface area contributed by atoms with E-state index in [4.69, 9.17) is 4.74 Å². The van der Waals surface area contributed by atoms with E-state index >= 15 is 0 Å². The highest BCUT2D eigenvalue weighted by Crippen LogP contribution is 2.17. The van der Waals surface area contributed by atoms with Crippen molar-refractivity contribution in [2.24, 2.45) is 0 Å². The Morgan fingerprint density at radius 1 is 1.20 bits per heavy atom. The van der Waals surface area contributed by atoms with Crippen molar-refractivity contribution in [2.75, 3.05) is 18.9 Å². The standard InChI is InChI=1S/C18H25NO5S/c1-14-6-8-16(9-7-14)25(22,23)12-10-18(21)24-13-17(20)19-11-4-3-5-15(19)2/h6-9,15H,3-5,10-13H2,1-2H3. The summed E-state index contributed by atoms with van der Waals surface area (Å²) in [5.74, 6) is -1.22. The molecule has 1 aliphatic heterocycles. The van der Waals surface area contributed by atoms with Crippen LogP contribution >= 0.6 is 0 Å². The van der Waals surface area contributed by atoms with Crippen LogP contribution in [0.1, 0.15) is 38.2 Å². The van der Waals surface area contributed by atoms with E-state index in [-0.39, 0.29) is 35.6 Å². The summed E-state index contributed by atoms with van der Waals surface area (Å²) in [5.41, 5.74) is 0.962. The molecule has 0 bridgehead atoms. The molecule has 1 fully saturated rings. The first-order chi connectivity index (χ1) is 11.8. The highest BCUT2D eigenvalue weighted by molar-refractivity contribution is 7.91. The fraction of sp³-hybridized carbons (Fsp3) is 0.556. The van der Waals surface area contributed by atoms with E-state index in [2.05, 4.69) is 0 Å². The van der Waals surface area contributed by atoms with Gasteiger partial charge >= 0.3 is 5.97 Å². The van der Waals surface area contributed by atoms with Gasteiger partial charge < -0.3 is 9.64 Å². The molecule has 0 aromatic heterocycles. The number of piperidine rings is 1. The molecule has 0 radical (unpaired) electrons. The largest absolute Gasteiger partial charge is 0.456 e. The number of likely N-dealkylation sites (tertiary alicyclic amines) is 1. The molecule has 1 amide bonds. The molecule has 25 heavy (non-hydrogen) atoms. The number of sulfone groups is 1. The van der Waals surface area contributed by atoms with Crippen LogP contribution in [0.5, 0.6) is 0 Å². The molecule has 7 heteroatoms. The molecule has 1 atom stereocenters. The molecule has 0 aliphatic carbocycles. The topological polar surface area (TPSA) is 80.7 Å². The van der Waals surface area contributed by atoms with Crippen LogP contribution in [0, 0.1) is 6.92 Å². The highest BCUT2D eigenvalue weighted by atomic mass is 32.2. The van der Waals surface area contributed by atoms with Crippen LogP contribution in [0.2, 0.25) is 0 Å². The normalized spacial score (nSPS) is 18.0. The number of nitrogens with zero attached hydrogens (tertiary/aromatic N) is 1. The number of hydrogen-bond acceptors (Lipinski definition) is 5. The lowest BCUT2D eigenvalue weighted by Gasteiger charge is -2.33. The van der Waals surface area contributed by atoms with Gasteiger partial charge in [0.05, 0.1) is 17.1 Å².